The Bertz CT molecular complexity index is 612. The minimum atomic E-state index is -0.305. The maximum Gasteiger partial charge on any atom is 0.265 e. The second kappa shape index (κ2) is 6.54. The van der Waals surface area contributed by atoms with E-state index in [2.05, 4.69) is 21.4 Å². The summed E-state index contributed by atoms with van der Waals surface area (Å²) < 4.78 is 6.75. The number of rotatable bonds is 4. The Morgan fingerprint density at radius 3 is 2.60 bits per heavy atom. The third-order valence-electron chi connectivity index (χ3n) is 2.89. The van der Waals surface area contributed by atoms with Gasteiger partial charge >= 0.3 is 0 Å². The Morgan fingerprint density at radius 1 is 1.25 bits per heavy atom. The van der Waals surface area contributed by atoms with Crippen molar-refractivity contribution in [1.82, 2.24) is 5.43 Å². The van der Waals surface area contributed by atoms with Crippen LogP contribution in [0.4, 0.5) is 0 Å². The van der Waals surface area contributed by atoms with Crippen LogP contribution < -0.4 is 16.0 Å². The fourth-order valence-electron chi connectivity index (χ4n) is 1.73. The molecule has 1 amide bonds. The maximum atomic E-state index is 11.3. The Morgan fingerprint density at radius 2 is 1.95 bits per heavy atom. The topological polar surface area (TPSA) is 64.3 Å². The number of nitrogens with two attached hydrogens (primary N) is 1. The van der Waals surface area contributed by atoms with Crippen LogP contribution in [0.1, 0.15) is 21.5 Å². The first kappa shape index (κ1) is 14.6. The Hall–Kier alpha value is -1.85. The number of hydrogen-bond acceptors (Lipinski definition) is 3. The van der Waals surface area contributed by atoms with E-state index in [1.165, 1.54) is 0 Å². The van der Waals surface area contributed by atoms with E-state index < -0.39 is 0 Å². The van der Waals surface area contributed by atoms with Crippen LogP contribution in [0.25, 0.3) is 0 Å². The summed E-state index contributed by atoms with van der Waals surface area (Å²) in [6.07, 6.45) is 0. The van der Waals surface area contributed by atoms with Crippen LogP contribution in [0, 0.1) is 6.92 Å². The van der Waals surface area contributed by atoms with E-state index in [0.717, 1.165) is 21.3 Å². The maximum absolute atomic E-state index is 11.3. The van der Waals surface area contributed by atoms with Crippen molar-refractivity contribution >= 4 is 21.8 Å². The van der Waals surface area contributed by atoms with Gasteiger partial charge in [-0.15, -0.1) is 0 Å². The summed E-state index contributed by atoms with van der Waals surface area (Å²) in [6.45, 7) is 2.44. The third kappa shape index (κ3) is 3.59. The van der Waals surface area contributed by atoms with Crippen molar-refractivity contribution in [3.8, 4) is 5.75 Å². The number of hydrogen-bond donors (Lipinski definition) is 2. The lowest BCUT2D eigenvalue weighted by atomic mass is 10.1. The number of carbonyl (C=O) groups excluding carboxylic acids is 1. The number of halogens is 1. The lowest BCUT2D eigenvalue weighted by Crippen LogP contribution is -2.29. The average molecular weight is 335 g/mol. The van der Waals surface area contributed by atoms with Crippen LogP contribution in [-0.2, 0) is 6.61 Å². The van der Waals surface area contributed by atoms with E-state index in [1.807, 2.05) is 37.3 Å². The molecule has 0 saturated heterocycles. The van der Waals surface area contributed by atoms with E-state index in [-0.39, 0.29) is 5.91 Å². The van der Waals surface area contributed by atoms with Crippen LogP contribution >= 0.6 is 15.9 Å². The van der Waals surface area contributed by atoms with Gasteiger partial charge in [0.05, 0.1) is 0 Å². The lowest BCUT2D eigenvalue weighted by Gasteiger charge is -2.10. The first-order chi connectivity index (χ1) is 9.60. The minimum absolute atomic E-state index is 0.305. The van der Waals surface area contributed by atoms with Gasteiger partial charge in [0, 0.05) is 10.0 Å². The summed E-state index contributed by atoms with van der Waals surface area (Å²) in [5.74, 6) is 5.61. The van der Waals surface area contributed by atoms with Crippen LogP contribution in [-0.4, -0.2) is 5.91 Å². The molecule has 0 bridgehead atoms. The van der Waals surface area contributed by atoms with Crippen molar-refractivity contribution in [3.63, 3.8) is 0 Å². The number of hydrazine groups is 1. The number of aryl methyl sites for hydroxylation is 1. The molecule has 2 rings (SSSR count). The minimum Gasteiger partial charge on any atom is -0.489 e. The van der Waals surface area contributed by atoms with E-state index in [9.17, 15) is 4.79 Å². The first-order valence-electron chi connectivity index (χ1n) is 6.09. The van der Waals surface area contributed by atoms with Crippen LogP contribution in [0.2, 0.25) is 0 Å². The van der Waals surface area contributed by atoms with Gasteiger partial charge in [0.15, 0.2) is 0 Å². The van der Waals surface area contributed by atoms with E-state index in [4.69, 9.17) is 10.6 Å². The second-order valence-electron chi connectivity index (χ2n) is 4.37. The molecule has 0 aliphatic heterocycles. The summed E-state index contributed by atoms with van der Waals surface area (Å²) in [4.78, 5) is 11.3. The molecule has 0 atom stereocenters. The summed E-state index contributed by atoms with van der Waals surface area (Å²) in [7, 11) is 0. The molecule has 2 aromatic carbocycles. The molecule has 0 unspecified atom stereocenters. The number of carbonyl (C=O) groups is 1. The van der Waals surface area contributed by atoms with Crippen molar-refractivity contribution in [3.05, 3.63) is 63.6 Å². The smallest absolute Gasteiger partial charge is 0.265 e. The van der Waals surface area contributed by atoms with Gasteiger partial charge in [0.25, 0.3) is 5.91 Å². The highest BCUT2D eigenvalue weighted by Crippen LogP contribution is 2.23. The molecule has 20 heavy (non-hydrogen) atoms. The van der Waals surface area contributed by atoms with Crippen molar-refractivity contribution in [2.45, 2.75) is 13.5 Å². The monoisotopic (exact) mass is 334 g/mol. The predicted molar refractivity (Wildman–Crippen MR) is 81.3 cm³/mol. The molecule has 2 aromatic rings. The van der Waals surface area contributed by atoms with Crippen molar-refractivity contribution in [1.29, 1.82) is 0 Å². The number of nitrogens with one attached hydrogen (secondary N) is 1. The molecule has 0 aliphatic rings. The van der Waals surface area contributed by atoms with Crippen molar-refractivity contribution in [2.75, 3.05) is 0 Å². The molecular weight excluding hydrogens is 320 g/mol. The largest absolute Gasteiger partial charge is 0.489 e. The highest BCUT2D eigenvalue weighted by atomic mass is 79.9. The van der Waals surface area contributed by atoms with Crippen molar-refractivity contribution < 1.29 is 9.53 Å². The molecule has 0 heterocycles. The summed E-state index contributed by atoms with van der Waals surface area (Å²) in [5, 5.41) is 0. The highest BCUT2D eigenvalue weighted by molar-refractivity contribution is 9.10. The second-order valence-corrected chi connectivity index (χ2v) is 5.28. The lowest BCUT2D eigenvalue weighted by molar-refractivity contribution is 0.0953. The standard InChI is InChI=1S/C15H15BrN2O2/c1-10-2-7-13(16)8-14(10)20-9-11-3-5-12(6-4-11)15(19)18-17/h2-8H,9,17H2,1H3,(H,18,19). The molecule has 0 radical (unpaired) electrons. The van der Waals surface area contributed by atoms with Crippen molar-refractivity contribution in [2.24, 2.45) is 5.84 Å². The summed E-state index contributed by atoms with van der Waals surface area (Å²) in [6, 6.07) is 13.0. The molecule has 0 fully saturated rings. The first-order valence-corrected chi connectivity index (χ1v) is 6.88. The normalized spacial score (nSPS) is 10.2. The van der Waals surface area contributed by atoms with Gasteiger partial charge in [0.1, 0.15) is 12.4 Å². The van der Waals surface area contributed by atoms with Gasteiger partial charge in [-0.2, -0.15) is 0 Å². The number of nitrogen functional groups attached to an aromatic ring is 1. The molecule has 3 N–H and O–H groups in total. The fraction of sp³-hybridized carbons (Fsp3) is 0.133. The van der Waals surface area contributed by atoms with Gasteiger partial charge in [-0.25, -0.2) is 5.84 Å². The average Bonchev–Trinajstić information content (AvgIpc) is 2.48. The quantitative estimate of drug-likeness (QED) is 0.513. The van der Waals surface area contributed by atoms with Gasteiger partial charge in [-0.3, -0.25) is 10.2 Å². The Kier molecular flexibility index (Phi) is 4.76. The van der Waals surface area contributed by atoms with Crippen LogP contribution in [0.15, 0.2) is 46.9 Å². The fourth-order valence-corrected chi connectivity index (χ4v) is 2.07. The van der Waals surface area contributed by atoms with E-state index >= 15 is 0 Å². The zero-order valence-electron chi connectivity index (χ0n) is 11.0. The van der Waals surface area contributed by atoms with Gasteiger partial charge in [-0.1, -0.05) is 34.1 Å². The summed E-state index contributed by atoms with van der Waals surface area (Å²) in [5.41, 5.74) is 4.68. The molecule has 5 heteroatoms. The molecule has 0 saturated carbocycles. The van der Waals surface area contributed by atoms with Gasteiger partial charge in [0.2, 0.25) is 0 Å². The van der Waals surface area contributed by atoms with Crippen LogP contribution in [0.3, 0.4) is 0 Å². The van der Waals surface area contributed by atoms with E-state index in [1.54, 1.807) is 12.1 Å². The van der Waals surface area contributed by atoms with Gasteiger partial charge < -0.3 is 4.74 Å². The molecule has 104 valence electrons. The zero-order chi connectivity index (χ0) is 14.5. The Labute approximate surface area is 126 Å². The summed E-state index contributed by atoms with van der Waals surface area (Å²) >= 11 is 3.42. The number of ether oxygens (including phenoxy) is 1. The zero-order valence-corrected chi connectivity index (χ0v) is 12.6. The van der Waals surface area contributed by atoms with Crippen LogP contribution in [0.5, 0.6) is 5.75 Å². The third-order valence-corrected chi connectivity index (χ3v) is 3.39. The molecule has 0 aromatic heterocycles. The van der Waals surface area contributed by atoms with Gasteiger partial charge in [-0.05, 0) is 42.3 Å². The number of amides is 1. The predicted octanol–water partition coefficient (Wildman–Crippen LogP) is 2.94. The molecule has 0 aliphatic carbocycles. The SMILES string of the molecule is Cc1ccc(Br)cc1OCc1ccc(C(=O)NN)cc1. The number of benzene rings is 2. The highest BCUT2D eigenvalue weighted by Gasteiger charge is 2.04. The molecule has 0 spiro atoms. The molecule has 4 nitrogen and oxygen atoms in total. The Balaban J connectivity index is 2.04. The van der Waals surface area contributed by atoms with E-state index in [0.29, 0.717) is 12.2 Å². The molecular formula is C15H15BrN2O2.